The molecule has 0 aliphatic rings. The van der Waals surface area contributed by atoms with Gasteiger partial charge in [-0.1, -0.05) is 35.3 Å². The van der Waals surface area contributed by atoms with E-state index in [-0.39, 0.29) is 30.5 Å². The molecule has 0 radical (unpaired) electrons. The minimum absolute atomic E-state index is 0.0363. The molecule has 0 spiro atoms. The van der Waals surface area contributed by atoms with Gasteiger partial charge < -0.3 is 10.2 Å². The number of nitro groups is 1. The van der Waals surface area contributed by atoms with Crippen molar-refractivity contribution in [1.82, 2.24) is 4.90 Å². The Morgan fingerprint density at radius 2 is 1.77 bits per heavy atom. The molecule has 0 aliphatic carbocycles. The molecule has 2 amide bonds. The standard InChI is InChI=1S/C17H15Cl2N3O4/c1-21(10-16(23)20-12-4-7-14(18)15(19)9-12)17(24)8-11-2-5-13(6-3-11)22(25)26/h2-7,9H,8,10H2,1H3,(H,20,23). The van der Waals surface area contributed by atoms with Crippen molar-refractivity contribution < 1.29 is 14.5 Å². The average Bonchev–Trinajstić information content (AvgIpc) is 2.58. The maximum Gasteiger partial charge on any atom is 0.269 e. The minimum Gasteiger partial charge on any atom is -0.336 e. The molecule has 0 bridgehead atoms. The number of carbonyl (C=O) groups excluding carboxylic acids is 2. The summed E-state index contributed by atoms with van der Waals surface area (Å²) in [6.07, 6.45) is 0.0363. The smallest absolute Gasteiger partial charge is 0.269 e. The van der Waals surface area contributed by atoms with Gasteiger partial charge in [-0.3, -0.25) is 19.7 Å². The number of nitrogens with one attached hydrogen (secondary N) is 1. The summed E-state index contributed by atoms with van der Waals surface area (Å²) in [7, 11) is 1.50. The molecule has 0 aromatic heterocycles. The SMILES string of the molecule is CN(CC(=O)Nc1ccc(Cl)c(Cl)c1)C(=O)Cc1ccc([N+](=O)[O-])cc1. The Labute approximate surface area is 159 Å². The maximum absolute atomic E-state index is 12.2. The van der Waals surface area contributed by atoms with Crippen LogP contribution in [0, 0.1) is 10.1 Å². The molecular formula is C17H15Cl2N3O4. The molecule has 0 atom stereocenters. The lowest BCUT2D eigenvalue weighted by atomic mass is 10.1. The van der Waals surface area contributed by atoms with Crippen LogP contribution in [0.3, 0.4) is 0 Å². The molecule has 26 heavy (non-hydrogen) atoms. The first kappa shape index (κ1) is 19.7. The summed E-state index contributed by atoms with van der Waals surface area (Å²) in [6, 6.07) is 10.4. The van der Waals surface area contributed by atoms with Gasteiger partial charge in [-0.05, 0) is 23.8 Å². The Morgan fingerprint density at radius 3 is 2.35 bits per heavy atom. The summed E-state index contributed by atoms with van der Waals surface area (Å²) < 4.78 is 0. The highest BCUT2D eigenvalue weighted by Gasteiger charge is 2.15. The second kappa shape index (κ2) is 8.64. The lowest BCUT2D eigenvalue weighted by molar-refractivity contribution is -0.384. The minimum atomic E-state index is -0.509. The van der Waals surface area contributed by atoms with Crippen LogP contribution in [0.2, 0.25) is 10.0 Å². The number of halogens is 2. The number of hydrogen-bond acceptors (Lipinski definition) is 4. The van der Waals surface area contributed by atoms with Crippen LogP contribution in [0.4, 0.5) is 11.4 Å². The van der Waals surface area contributed by atoms with Gasteiger partial charge in [0.1, 0.15) is 0 Å². The third-order valence-electron chi connectivity index (χ3n) is 3.51. The van der Waals surface area contributed by atoms with E-state index in [2.05, 4.69) is 5.32 Å². The molecule has 0 fully saturated rings. The fourth-order valence-electron chi connectivity index (χ4n) is 2.12. The highest BCUT2D eigenvalue weighted by atomic mass is 35.5. The van der Waals surface area contributed by atoms with E-state index < -0.39 is 4.92 Å². The number of anilines is 1. The number of rotatable bonds is 6. The number of nitrogens with zero attached hydrogens (tertiary/aromatic N) is 2. The third-order valence-corrected chi connectivity index (χ3v) is 4.25. The molecule has 9 heteroatoms. The summed E-state index contributed by atoms with van der Waals surface area (Å²) in [4.78, 5) is 35.6. The van der Waals surface area contributed by atoms with Gasteiger partial charge in [0.2, 0.25) is 11.8 Å². The van der Waals surface area contributed by atoms with Gasteiger partial charge in [0, 0.05) is 24.9 Å². The van der Waals surface area contributed by atoms with Crippen LogP contribution in [0.1, 0.15) is 5.56 Å². The Kier molecular flexibility index (Phi) is 6.54. The fraction of sp³-hybridized carbons (Fsp3) is 0.176. The van der Waals surface area contributed by atoms with Crippen LogP contribution in [0.25, 0.3) is 0 Å². The van der Waals surface area contributed by atoms with Crippen LogP contribution in [-0.4, -0.2) is 35.2 Å². The van der Waals surface area contributed by atoms with Crippen LogP contribution in [0.5, 0.6) is 0 Å². The van der Waals surface area contributed by atoms with Crippen molar-refractivity contribution >= 4 is 46.4 Å². The molecule has 0 saturated carbocycles. The molecule has 1 N–H and O–H groups in total. The van der Waals surface area contributed by atoms with Gasteiger partial charge in [-0.25, -0.2) is 0 Å². The summed E-state index contributed by atoms with van der Waals surface area (Å²) in [5.74, 6) is -0.675. The predicted molar refractivity (Wildman–Crippen MR) is 99.5 cm³/mol. The van der Waals surface area contributed by atoms with Gasteiger partial charge >= 0.3 is 0 Å². The molecule has 2 aromatic rings. The van der Waals surface area contributed by atoms with E-state index in [1.54, 1.807) is 12.1 Å². The van der Waals surface area contributed by atoms with Gasteiger partial charge in [-0.15, -0.1) is 0 Å². The first-order chi connectivity index (χ1) is 12.3. The summed E-state index contributed by atoms with van der Waals surface area (Å²) in [5, 5.41) is 13.9. The van der Waals surface area contributed by atoms with Gasteiger partial charge in [-0.2, -0.15) is 0 Å². The monoisotopic (exact) mass is 395 g/mol. The van der Waals surface area contributed by atoms with E-state index in [9.17, 15) is 19.7 Å². The molecule has 0 heterocycles. The summed E-state index contributed by atoms with van der Waals surface area (Å²) in [6.45, 7) is -0.147. The Hall–Kier alpha value is -2.64. The quantitative estimate of drug-likeness (QED) is 0.597. The molecule has 2 rings (SSSR count). The Morgan fingerprint density at radius 1 is 1.12 bits per heavy atom. The molecule has 2 aromatic carbocycles. The number of benzene rings is 2. The second-order valence-electron chi connectivity index (χ2n) is 5.53. The van der Waals surface area contributed by atoms with E-state index in [0.29, 0.717) is 21.3 Å². The molecule has 0 aliphatic heterocycles. The topological polar surface area (TPSA) is 92.6 Å². The molecule has 7 nitrogen and oxygen atoms in total. The van der Waals surface area contributed by atoms with Crippen molar-refractivity contribution in [2.45, 2.75) is 6.42 Å². The van der Waals surface area contributed by atoms with E-state index >= 15 is 0 Å². The van der Waals surface area contributed by atoms with Gasteiger partial charge in [0.25, 0.3) is 5.69 Å². The zero-order valence-corrected chi connectivity index (χ0v) is 15.3. The molecule has 0 unspecified atom stereocenters. The van der Waals surface area contributed by atoms with Crippen molar-refractivity contribution in [3.63, 3.8) is 0 Å². The number of likely N-dealkylation sites (N-methyl/N-ethyl adjacent to an activating group) is 1. The number of non-ortho nitro benzene ring substituents is 1. The van der Waals surface area contributed by atoms with Crippen molar-refractivity contribution in [3.05, 3.63) is 68.2 Å². The average molecular weight is 396 g/mol. The van der Waals surface area contributed by atoms with E-state index in [1.165, 1.54) is 42.3 Å². The first-order valence-electron chi connectivity index (χ1n) is 7.48. The van der Waals surface area contributed by atoms with Crippen LogP contribution >= 0.6 is 23.2 Å². The Bertz CT molecular complexity index is 840. The maximum atomic E-state index is 12.2. The summed E-state index contributed by atoms with van der Waals surface area (Å²) in [5.41, 5.74) is 1.05. The largest absolute Gasteiger partial charge is 0.336 e. The third kappa shape index (κ3) is 5.44. The lowest BCUT2D eigenvalue weighted by Gasteiger charge is -2.17. The molecule has 136 valence electrons. The number of nitro benzene ring substituents is 1. The zero-order chi connectivity index (χ0) is 19.3. The number of hydrogen-bond donors (Lipinski definition) is 1. The highest BCUT2D eigenvalue weighted by molar-refractivity contribution is 6.42. The highest BCUT2D eigenvalue weighted by Crippen LogP contribution is 2.24. The lowest BCUT2D eigenvalue weighted by Crippen LogP contribution is -2.35. The van der Waals surface area contributed by atoms with Crippen molar-refractivity contribution in [3.8, 4) is 0 Å². The van der Waals surface area contributed by atoms with Crippen molar-refractivity contribution in [1.29, 1.82) is 0 Å². The number of carbonyl (C=O) groups is 2. The van der Waals surface area contributed by atoms with Crippen LogP contribution in [-0.2, 0) is 16.0 Å². The fourth-order valence-corrected chi connectivity index (χ4v) is 2.42. The van der Waals surface area contributed by atoms with E-state index in [4.69, 9.17) is 23.2 Å². The van der Waals surface area contributed by atoms with Crippen LogP contribution < -0.4 is 5.32 Å². The Balaban J connectivity index is 1.90. The van der Waals surface area contributed by atoms with Gasteiger partial charge in [0.05, 0.1) is 27.9 Å². The predicted octanol–water partition coefficient (Wildman–Crippen LogP) is 3.54. The normalized spacial score (nSPS) is 10.3. The van der Waals surface area contributed by atoms with Crippen LogP contribution in [0.15, 0.2) is 42.5 Å². The molecule has 0 saturated heterocycles. The van der Waals surface area contributed by atoms with Gasteiger partial charge in [0.15, 0.2) is 0 Å². The number of amides is 2. The zero-order valence-electron chi connectivity index (χ0n) is 13.7. The molecular weight excluding hydrogens is 381 g/mol. The summed E-state index contributed by atoms with van der Waals surface area (Å²) >= 11 is 11.7. The van der Waals surface area contributed by atoms with E-state index in [0.717, 1.165) is 0 Å². The van der Waals surface area contributed by atoms with Crippen molar-refractivity contribution in [2.75, 3.05) is 18.9 Å². The van der Waals surface area contributed by atoms with Crippen molar-refractivity contribution in [2.24, 2.45) is 0 Å². The first-order valence-corrected chi connectivity index (χ1v) is 8.24. The second-order valence-corrected chi connectivity index (χ2v) is 6.34. The van der Waals surface area contributed by atoms with E-state index in [1.807, 2.05) is 0 Å².